The van der Waals surface area contributed by atoms with E-state index >= 15 is 0 Å². The van der Waals surface area contributed by atoms with Crippen LogP contribution in [0, 0.1) is 0 Å². The molecule has 0 radical (unpaired) electrons. The molecule has 0 aliphatic heterocycles. The summed E-state index contributed by atoms with van der Waals surface area (Å²) in [6, 6.07) is 0. The predicted octanol–water partition coefficient (Wildman–Crippen LogP) is -0.0703. The van der Waals surface area contributed by atoms with Gasteiger partial charge in [0.15, 0.2) is 0 Å². The van der Waals surface area contributed by atoms with Crippen LogP contribution in [0.2, 0.25) is 4.44 Å². The summed E-state index contributed by atoms with van der Waals surface area (Å²) < 4.78 is 1.17. The van der Waals surface area contributed by atoms with Gasteiger partial charge in [0.2, 0.25) is 0 Å². The van der Waals surface area contributed by atoms with Gasteiger partial charge in [-0.05, 0) is 16.9 Å². The molecule has 0 aromatic carbocycles. The van der Waals surface area contributed by atoms with Gasteiger partial charge in [-0.2, -0.15) is 0 Å². The average molecular weight is 343 g/mol. The van der Waals surface area contributed by atoms with E-state index in [1.54, 1.807) is 22.5 Å². The third kappa shape index (κ3) is 871. The van der Waals surface area contributed by atoms with Crippen LogP contribution in [0.1, 0.15) is 0 Å². The predicted molar refractivity (Wildman–Crippen MR) is 63.1 cm³/mol. The maximum atomic E-state index is 8.62. The first kappa shape index (κ1) is 23.2. The quantitative estimate of drug-likeness (QED) is 0.288. The average Bonchev–Trinajstić information content (AvgIpc) is 2.08. The van der Waals surface area contributed by atoms with E-state index in [2.05, 4.69) is 44.5 Å². The fourth-order valence-corrected chi connectivity index (χ4v) is 0. The summed E-state index contributed by atoms with van der Waals surface area (Å²) in [5.74, 6) is 0. The Labute approximate surface area is 108 Å². The van der Waals surface area contributed by atoms with Crippen molar-refractivity contribution in [3.8, 4) is 0 Å². The third-order valence-corrected chi connectivity index (χ3v) is 0.968. The van der Waals surface area contributed by atoms with E-state index in [1.807, 2.05) is 6.08 Å². The minimum absolute atomic E-state index is 0.333. The fourth-order valence-electron chi connectivity index (χ4n) is 0. The largest absolute Gasteiger partial charge is 0.746 e. The van der Waals surface area contributed by atoms with Crippen molar-refractivity contribution in [2.45, 2.75) is 4.44 Å². The second-order valence-electron chi connectivity index (χ2n) is 0.781. The summed E-state index contributed by atoms with van der Waals surface area (Å²) in [5, 5.41) is 0. The van der Waals surface area contributed by atoms with Crippen LogP contribution in [0.5, 0.6) is 0 Å². The summed E-state index contributed by atoms with van der Waals surface area (Å²) in [4.78, 5) is 25.9. The molecule has 0 rings (SSSR count). The molecule has 0 saturated carbocycles. The molecule has 13 heavy (non-hydrogen) atoms. The van der Waals surface area contributed by atoms with Crippen LogP contribution in [-0.2, 0) is 52.3 Å². The molecular weight excluding hydrogens is 335 g/mol. The molecule has 0 aromatic heterocycles. The van der Waals surface area contributed by atoms with Crippen LogP contribution in [0.4, 0.5) is 0 Å². The maximum absolute atomic E-state index is 8.62. The van der Waals surface area contributed by atoms with Crippen molar-refractivity contribution in [3.05, 3.63) is 12.7 Å². The Hall–Kier alpha value is 0.209. The second kappa shape index (κ2) is 56.5. The maximum Gasteiger partial charge on any atom is -0.00223 e. The normalized spacial score (nSPS) is 4.77. The SMILES string of the molecule is C=C[CH2][Sn+3].O=C[S-].O=C[S-].O=C[S-]. The van der Waals surface area contributed by atoms with E-state index in [-0.39, 0.29) is 0 Å². The summed E-state index contributed by atoms with van der Waals surface area (Å²) in [5.41, 5.74) is 1.00. The van der Waals surface area contributed by atoms with Crippen LogP contribution < -0.4 is 0 Å². The zero-order valence-corrected chi connectivity index (χ0v) is 12.0. The topological polar surface area (TPSA) is 51.2 Å². The van der Waals surface area contributed by atoms with E-state index in [9.17, 15) is 0 Å². The third-order valence-electron chi connectivity index (χ3n) is 0.144. The summed E-state index contributed by atoms with van der Waals surface area (Å²) >= 11 is 12.7. The fraction of sp³-hybridized carbons (Fsp3) is 0.167. The molecule has 0 amide bonds. The minimum Gasteiger partial charge on any atom is -0.746 e. The molecule has 72 valence electrons. The van der Waals surface area contributed by atoms with Crippen LogP contribution >= 0.6 is 0 Å². The molecule has 0 spiro atoms. The zero-order chi connectivity index (χ0) is 11.5. The Morgan fingerprint density at radius 1 is 1.00 bits per heavy atom. The molecule has 0 N–H and O–H groups in total. The van der Waals surface area contributed by atoms with Crippen molar-refractivity contribution in [1.82, 2.24) is 0 Å². The summed E-state index contributed by atoms with van der Waals surface area (Å²) in [7, 11) is 0. The van der Waals surface area contributed by atoms with Crippen LogP contribution in [-0.4, -0.2) is 39.4 Å². The summed E-state index contributed by atoms with van der Waals surface area (Å²) in [6.07, 6.45) is 1.92. The Morgan fingerprint density at radius 3 is 1.08 bits per heavy atom. The Kier molecular flexibility index (Phi) is 101. The zero-order valence-electron chi connectivity index (χ0n) is 6.67. The van der Waals surface area contributed by atoms with E-state index in [1.165, 1.54) is 4.44 Å². The monoisotopic (exact) mass is 344 g/mol. The number of rotatable bonds is 1. The number of carbonyl (C=O) groups excluding carboxylic acids is 3. The van der Waals surface area contributed by atoms with Gasteiger partial charge in [0, 0.05) is 0 Å². The van der Waals surface area contributed by atoms with Gasteiger partial charge >= 0.3 is 39.6 Å². The van der Waals surface area contributed by atoms with Crippen LogP contribution in [0.25, 0.3) is 0 Å². The van der Waals surface area contributed by atoms with Gasteiger partial charge < -0.3 is 52.3 Å². The number of hydrogen-bond donors (Lipinski definition) is 0. The molecule has 3 nitrogen and oxygen atoms in total. The molecule has 0 saturated heterocycles. The molecule has 0 aromatic rings. The van der Waals surface area contributed by atoms with Gasteiger partial charge in [0.1, 0.15) is 0 Å². The Bertz CT molecular complexity index is 97.0. The Morgan fingerprint density at radius 2 is 1.08 bits per heavy atom. The van der Waals surface area contributed by atoms with Crippen molar-refractivity contribution in [1.29, 1.82) is 0 Å². The molecule has 0 bridgehead atoms. The molecular formula is C6H8O3S3Sn. The summed E-state index contributed by atoms with van der Waals surface area (Å²) in [6.45, 7) is 3.50. The second-order valence-corrected chi connectivity index (χ2v) is 2.52. The van der Waals surface area contributed by atoms with Gasteiger partial charge in [0.05, 0.1) is 0 Å². The van der Waals surface area contributed by atoms with E-state index < -0.39 is 0 Å². The first-order valence-corrected chi connectivity index (χ1v) is 6.02. The molecule has 0 heterocycles. The Balaban J connectivity index is -0.0000000420. The smallest absolute Gasteiger partial charge is 0.00223 e. The van der Waals surface area contributed by atoms with Crippen molar-refractivity contribution >= 4 is 77.3 Å². The minimum atomic E-state index is 0.333. The molecule has 0 aliphatic rings. The van der Waals surface area contributed by atoms with E-state index in [0.29, 0.717) is 16.9 Å². The van der Waals surface area contributed by atoms with Crippen molar-refractivity contribution in [2.24, 2.45) is 0 Å². The van der Waals surface area contributed by atoms with Crippen molar-refractivity contribution in [2.75, 3.05) is 0 Å². The van der Waals surface area contributed by atoms with Gasteiger partial charge in [-0.1, -0.05) is 0 Å². The number of carbonyl (C=O) groups is 3. The van der Waals surface area contributed by atoms with Crippen LogP contribution in [0.3, 0.4) is 0 Å². The molecule has 7 heteroatoms. The van der Waals surface area contributed by atoms with Gasteiger partial charge in [-0.15, -0.1) is 0 Å². The first-order valence-electron chi connectivity index (χ1n) is 2.58. The first-order chi connectivity index (χ1) is 6.16. The van der Waals surface area contributed by atoms with Gasteiger partial charge in [-0.3, -0.25) is 0 Å². The number of allylic oxidation sites excluding steroid dienone is 1. The molecule has 0 unspecified atom stereocenters. The van der Waals surface area contributed by atoms with Gasteiger partial charge in [0.25, 0.3) is 0 Å². The van der Waals surface area contributed by atoms with E-state index in [0.717, 1.165) is 0 Å². The van der Waals surface area contributed by atoms with Crippen LogP contribution in [0.15, 0.2) is 12.7 Å². The van der Waals surface area contributed by atoms with Crippen molar-refractivity contribution in [3.63, 3.8) is 0 Å². The van der Waals surface area contributed by atoms with E-state index in [4.69, 9.17) is 14.4 Å². The molecule has 0 fully saturated rings. The van der Waals surface area contributed by atoms with Crippen molar-refractivity contribution < 1.29 is 14.4 Å². The molecule has 0 aliphatic carbocycles. The van der Waals surface area contributed by atoms with Gasteiger partial charge in [-0.25, -0.2) is 0 Å². The number of hydrogen-bond acceptors (Lipinski definition) is 6. The molecule has 0 atom stereocenters. The standard InChI is InChI=1S/C3H5.3CH2OS.Sn/c1-3-2;3*2-1-3;/h3H,1-2H2;3*1H,(H,2,3);/q;;;;+3/p-3.